The number of benzene rings is 1. The van der Waals surface area contributed by atoms with Crippen molar-refractivity contribution in [3.8, 4) is 0 Å². The molecule has 114 valence electrons. The fraction of sp³-hybridized carbons (Fsp3) is 0.250. The van der Waals surface area contributed by atoms with E-state index in [9.17, 15) is 30.5 Å². The highest BCUT2D eigenvalue weighted by molar-refractivity contribution is 8.00. The lowest BCUT2D eigenvalue weighted by molar-refractivity contribution is -0.0329. The van der Waals surface area contributed by atoms with Gasteiger partial charge in [0.2, 0.25) is 0 Å². The van der Waals surface area contributed by atoms with Crippen LogP contribution >= 0.6 is 20.4 Å². The molecule has 0 aliphatic heterocycles. The molecule has 1 unspecified atom stereocenters. The highest BCUT2D eigenvalue weighted by atomic mass is 32.2. The standard InChI is InChI=1S/C8H7F4O5PS2/c9-5-2-1-3-6(19-8(10,11)12)7(5)20(14,15)17-4-16-18-13/h1-3H,4,18H2. The van der Waals surface area contributed by atoms with Crippen molar-refractivity contribution < 1.29 is 39.3 Å². The van der Waals surface area contributed by atoms with Gasteiger partial charge in [0.05, 0.1) is 0 Å². The Morgan fingerprint density at radius 2 is 1.95 bits per heavy atom. The molecule has 0 amide bonds. The molecule has 1 aromatic rings. The monoisotopic (exact) mass is 354 g/mol. The van der Waals surface area contributed by atoms with E-state index in [4.69, 9.17) is 0 Å². The van der Waals surface area contributed by atoms with E-state index in [2.05, 4.69) is 8.71 Å². The number of thioether (sulfide) groups is 1. The van der Waals surface area contributed by atoms with Crippen LogP contribution in [0.3, 0.4) is 0 Å². The van der Waals surface area contributed by atoms with E-state index in [1.165, 1.54) is 0 Å². The molecule has 0 saturated heterocycles. The first-order chi connectivity index (χ1) is 9.17. The maximum absolute atomic E-state index is 13.5. The second-order valence-electron chi connectivity index (χ2n) is 3.07. The van der Waals surface area contributed by atoms with Crippen molar-refractivity contribution >= 4 is 30.6 Å². The third-order valence-corrected chi connectivity index (χ3v) is 4.26. The number of halogens is 4. The van der Waals surface area contributed by atoms with Gasteiger partial charge in [-0.05, 0) is 23.9 Å². The van der Waals surface area contributed by atoms with Gasteiger partial charge in [-0.2, -0.15) is 21.6 Å². The van der Waals surface area contributed by atoms with E-state index >= 15 is 0 Å². The van der Waals surface area contributed by atoms with Crippen molar-refractivity contribution in [2.75, 3.05) is 6.79 Å². The number of rotatable bonds is 6. The molecule has 0 aliphatic rings. The van der Waals surface area contributed by atoms with Crippen LogP contribution in [0.4, 0.5) is 17.6 Å². The summed E-state index contributed by atoms with van der Waals surface area (Å²) in [5.74, 6) is -1.39. The van der Waals surface area contributed by atoms with Crippen molar-refractivity contribution in [1.82, 2.24) is 0 Å². The zero-order chi connectivity index (χ0) is 15.4. The molecule has 0 aliphatic carbocycles. The highest BCUT2D eigenvalue weighted by Crippen LogP contribution is 2.41. The van der Waals surface area contributed by atoms with Gasteiger partial charge < -0.3 is 4.52 Å². The summed E-state index contributed by atoms with van der Waals surface area (Å²) < 4.78 is 91.9. The van der Waals surface area contributed by atoms with Gasteiger partial charge in [0, 0.05) is 4.90 Å². The van der Waals surface area contributed by atoms with Crippen LogP contribution in [0.15, 0.2) is 28.0 Å². The summed E-state index contributed by atoms with van der Waals surface area (Å²) in [6.45, 7) is -0.981. The minimum Gasteiger partial charge on any atom is -0.304 e. The van der Waals surface area contributed by atoms with E-state index in [0.29, 0.717) is 6.07 Å². The molecule has 20 heavy (non-hydrogen) atoms. The lowest BCUT2D eigenvalue weighted by atomic mass is 10.3. The Morgan fingerprint density at radius 3 is 2.50 bits per heavy atom. The maximum Gasteiger partial charge on any atom is 0.446 e. The molecule has 0 saturated carbocycles. The molecular formula is C8H7F4O5PS2. The Labute approximate surface area is 116 Å². The minimum absolute atomic E-state index is 0.677. The Morgan fingerprint density at radius 1 is 1.30 bits per heavy atom. The van der Waals surface area contributed by atoms with Crippen LogP contribution in [0.1, 0.15) is 0 Å². The number of alkyl halides is 3. The van der Waals surface area contributed by atoms with E-state index in [1.54, 1.807) is 0 Å². The summed E-state index contributed by atoms with van der Waals surface area (Å²) in [5.41, 5.74) is -4.80. The summed E-state index contributed by atoms with van der Waals surface area (Å²) >= 11 is -0.789. The summed E-state index contributed by atoms with van der Waals surface area (Å²) in [6, 6.07) is 2.40. The fourth-order valence-electron chi connectivity index (χ4n) is 1.11. The molecule has 0 fully saturated rings. The van der Waals surface area contributed by atoms with E-state index in [1.807, 2.05) is 0 Å². The van der Waals surface area contributed by atoms with Crippen molar-refractivity contribution in [3.05, 3.63) is 24.0 Å². The number of hydrogen-bond donors (Lipinski definition) is 0. The fourth-order valence-corrected chi connectivity index (χ4v) is 3.28. The van der Waals surface area contributed by atoms with Gasteiger partial charge in [-0.1, -0.05) is 6.07 Å². The quantitative estimate of drug-likeness (QED) is 0.195. The van der Waals surface area contributed by atoms with Gasteiger partial charge in [0.1, 0.15) is 10.7 Å². The van der Waals surface area contributed by atoms with Crippen LogP contribution in [0.2, 0.25) is 0 Å². The average Bonchev–Trinajstić information content (AvgIpc) is 2.26. The topological polar surface area (TPSA) is 69.7 Å². The van der Waals surface area contributed by atoms with Crippen LogP contribution in [0, 0.1) is 5.82 Å². The molecule has 5 nitrogen and oxygen atoms in total. The second kappa shape index (κ2) is 6.90. The van der Waals surface area contributed by atoms with Crippen molar-refractivity contribution in [2.24, 2.45) is 0 Å². The zero-order valence-electron chi connectivity index (χ0n) is 9.39. The molecule has 1 rings (SSSR count). The lowest BCUT2D eigenvalue weighted by Gasteiger charge is -2.12. The molecular weight excluding hydrogens is 347 g/mol. The Hall–Kier alpha value is -0.610. The minimum atomic E-state index is -4.81. The molecule has 0 spiro atoms. The molecule has 0 N–H and O–H groups in total. The smallest absolute Gasteiger partial charge is 0.304 e. The largest absolute Gasteiger partial charge is 0.446 e. The maximum atomic E-state index is 13.5. The molecule has 1 atom stereocenters. The van der Waals surface area contributed by atoms with Gasteiger partial charge >= 0.3 is 15.6 Å². The normalized spacial score (nSPS) is 13.2. The highest BCUT2D eigenvalue weighted by Gasteiger charge is 2.34. The average molecular weight is 354 g/mol. The summed E-state index contributed by atoms with van der Waals surface area (Å²) in [4.78, 5) is -2.11. The number of hydrogen-bond acceptors (Lipinski definition) is 6. The zero-order valence-corrected chi connectivity index (χ0v) is 12.2. The predicted octanol–water partition coefficient (Wildman–Crippen LogP) is 2.79. The lowest BCUT2D eigenvalue weighted by Crippen LogP contribution is -2.12. The van der Waals surface area contributed by atoms with Gasteiger partial charge in [0.15, 0.2) is 15.5 Å². The SMILES string of the molecule is O=[PH2]OCOS(=O)(=O)c1c(F)cccc1SC(F)(F)F. The predicted molar refractivity (Wildman–Crippen MR) is 62.9 cm³/mol. The van der Waals surface area contributed by atoms with Gasteiger partial charge in [-0.15, -0.1) is 0 Å². The first kappa shape index (κ1) is 17.4. The van der Waals surface area contributed by atoms with E-state index in [-0.39, 0.29) is 0 Å². The summed E-state index contributed by atoms with van der Waals surface area (Å²) in [6.07, 6.45) is 0. The first-order valence-corrected chi connectivity index (χ1v) is 7.83. The van der Waals surface area contributed by atoms with E-state index < -0.39 is 58.5 Å². The molecule has 0 bridgehead atoms. The van der Waals surface area contributed by atoms with Crippen LogP contribution < -0.4 is 0 Å². The van der Waals surface area contributed by atoms with Crippen molar-refractivity contribution in [2.45, 2.75) is 15.3 Å². The van der Waals surface area contributed by atoms with Crippen LogP contribution in [0.25, 0.3) is 0 Å². The summed E-state index contributed by atoms with van der Waals surface area (Å²) in [7, 11) is -6.58. The molecule has 0 aromatic heterocycles. The van der Waals surface area contributed by atoms with Crippen LogP contribution in [0.5, 0.6) is 0 Å². The Kier molecular flexibility index (Phi) is 6.02. The summed E-state index contributed by atoms with van der Waals surface area (Å²) in [5, 5.41) is 0. The molecule has 0 radical (unpaired) electrons. The first-order valence-electron chi connectivity index (χ1n) is 4.66. The van der Waals surface area contributed by atoms with Gasteiger partial charge in [-0.25, -0.2) is 8.57 Å². The third-order valence-electron chi connectivity index (χ3n) is 1.75. The van der Waals surface area contributed by atoms with Gasteiger partial charge in [0.25, 0.3) is 0 Å². The van der Waals surface area contributed by atoms with Gasteiger partial charge in [-0.3, -0.25) is 4.57 Å². The van der Waals surface area contributed by atoms with Crippen molar-refractivity contribution in [3.63, 3.8) is 0 Å². The molecule has 1 aromatic carbocycles. The Balaban J connectivity index is 3.18. The van der Waals surface area contributed by atoms with E-state index in [0.717, 1.165) is 12.1 Å². The molecule has 0 heterocycles. The third kappa shape index (κ3) is 5.06. The Bertz CT molecular complexity index is 589. The van der Waals surface area contributed by atoms with Crippen LogP contribution in [-0.2, 0) is 23.4 Å². The second-order valence-corrected chi connectivity index (χ2v) is 6.25. The van der Waals surface area contributed by atoms with Crippen molar-refractivity contribution in [1.29, 1.82) is 0 Å². The van der Waals surface area contributed by atoms with Crippen LogP contribution in [-0.4, -0.2) is 20.7 Å². The molecule has 12 heteroatoms.